The van der Waals surface area contributed by atoms with E-state index >= 15 is 0 Å². The van der Waals surface area contributed by atoms with Crippen LogP contribution in [0.1, 0.15) is 17.9 Å². The van der Waals surface area contributed by atoms with Crippen LogP contribution in [-0.2, 0) is 9.59 Å². The number of carbonyl (C=O) groups excluding carboxylic acids is 2. The van der Waals surface area contributed by atoms with Gasteiger partial charge in [0, 0.05) is 34.6 Å². The number of nitrogens with one attached hydrogen (secondary N) is 2. The maximum Gasteiger partial charge on any atom is 0.229 e. The van der Waals surface area contributed by atoms with Gasteiger partial charge in [0.15, 0.2) is 0 Å². The Kier molecular flexibility index (Phi) is 5.07. The molecule has 1 saturated heterocycles. The highest BCUT2D eigenvalue weighted by Crippen LogP contribution is 2.33. The number of benzene rings is 2. The van der Waals surface area contributed by atoms with E-state index in [1.807, 2.05) is 18.2 Å². The second kappa shape index (κ2) is 7.24. The Morgan fingerprint density at radius 2 is 1.79 bits per heavy atom. The zero-order valence-electron chi connectivity index (χ0n) is 12.8. The molecular formula is C18H16Cl2N2O2. The van der Waals surface area contributed by atoms with Gasteiger partial charge in [-0.05, 0) is 35.9 Å². The number of rotatable bonds is 3. The van der Waals surface area contributed by atoms with Gasteiger partial charge in [-0.3, -0.25) is 9.59 Å². The number of hydrogen-bond acceptors (Lipinski definition) is 2. The zero-order chi connectivity index (χ0) is 17.1. The van der Waals surface area contributed by atoms with Gasteiger partial charge in [0.25, 0.3) is 0 Å². The lowest BCUT2D eigenvalue weighted by Gasteiger charge is -2.31. The molecule has 6 heteroatoms. The average molecular weight is 363 g/mol. The van der Waals surface area contributed by atoms with Gasteiger partial charge in [0.2, 0.25) is 11.8 Å². The molecule has 1 unspecified atom stereocenters. The summed E-state index contributed by atoms with van der Waals surface area (Å²) in [5.41, 5.74) is 1.53. The van der Waals surface area contributed by atoms with Crippen LogP contribution >= 0.6 is 23.2 Å². The van der Waals surface area contributed by atoms with Gasteiger partial charge in [0.1, 0.15) is 0 Å². The first-order valence-corrected chi connectivity index (χ1v) is 8.37. The largest absolute Gasteiger partial charge is 0.355 e. The van der Waals surface area contributed by atoms with E-state index in [0.717, 1.165) is 5.56 Å². The molecule has 2 N–H and O–H groups in total. The first-order valence-electron chi connectivity index (χ1n) is 7.61. The van der Waals surface area contributed by atoms with Crippen LogP contribution in [0, 0.1) is 5.92 Å². The fourth-order valence-corrected chi connectivity index (χ4v) is 3.33. The molecule has 0 aliphatic carbocycles. The molecule has 2 amide bonds. The third kappa shape index (κ3) is 3.89. The average Bonchev–Trinajstić information content (AvgIpc) is 2.54. The van der Waals surface area contributed by atoms with Crippen molar-refractivity contribution in [2.45, 2.75) is 12.3 Å². The zero-order valence-corrected chi connectivity index (χ0v) is 14.3. The highest BCUT2D eigenvalue weighted by atomic mass is 35.5. The Balaban J connectivity index is 1.83. The maximum atomic E-state index is 12.7. The van der Waals surface area contributed by atoms with E-state index in [1.165, 1.54) is 0 Å². The summed E-state index contributed by atoms with van der Waals surface area (Å²) in [6.45, 7) is 0.294. The minimum atomic E-state index is -0.375. The normalized spacial score (nSPS) is 20.3. The second-order valence-electron chi connectivity index (χ2n) is 5.78. The molecule has 124 valence electrons. The Labute approximate surface area is 150 Å². The van der Waals surface area contributed by atoms with Gasteiger partial charge in [-0.1, -0.05) is 41.4 Å². The molecule has 3 rings (SSSR count). The van der Waals surface area contributed by atoms with Gasteiger partial charge in [-0.2, -0.15) is 0 Å². The van der Waals surface area contributed by atoms with Crippen LogP contribution in [0.5, 0.6) is 0 Å². The molecule has 0 bridgehead atoms. The Morgan fingerprint density at radius 1 is 1.08 bits per heavy atom. The van der Waals surface area contributed by atoms with Crippen LogP contribution in [0.15, 0.2) is 48.5 Å². The van der Waals surface area contributed by atoms with Crippen molar-refractivity contribution >= 4 is 40.7 Å². The molecule has 24 heavy (non-hydrogen) atoms. The molecule has 1 aliphatic rings. The summed E-state index contributed by atoms with van der Waals surface area (Å²) in [6.07, 6.45) is 0.258. The molecule has 0 spiro atoms. The minimum absolute atomic E-state index is 0.0632. The van der Waals surface area contributed by atoms with Crippen LogP contribution in [0.25, 0.3) is 0 Å². The second-order valence-corrected chi connectivity index (χ2v) is 6.65. The minimum Gasteiger partial charge on any atom is -0.355 e. The summed E-state index contributed by atoms with van der Waals surface area (Å²) in [4.78, 5) is 24.5. The van der Waals surface area contributed by atoms with Gasteiger partial charge in [0.05, 0.1) is 5.92 Å². The van der Waals surface area contributed by atoms with E-state index < -0.39 is 0 Å². The first-order chi connectivity index (χ1) is 11.5. The van der Waals surface area contributed by atoms with E-state index in [1.54, 1.807) is 30.3 Å². The third-order valence-corrected chi connectivity index (χ3v) is 4.59. The number of piperidine rings is 1. The van der Waals surface area contributed by atoms with Crippen molar-refractivity contribution in [3.63, 3.8) is 0 Å². The van der Waals surface area contributed by atoms with E-state index in [2.05, 4.69) is 10.6 Å². The van der Waals surface area contributed by atoms with Crippen LogP contribution in [0.2, 0.25) is 10.0 Å². The fourth-order valence-electron chi connectivity index (χ4n) is 2.94. The van der Waals surface area contributed by atoms with Crippen molar-refractivity contribution in [1.82, 2.24) is 5.32 Å². The molecule has 1 fully saturated rings. The van der Waals surface area contributed by atoms with Crippen molar-refractivity contribution in [3.05, 3.63) is 64.1 Å². The summed E-state index contributed by atoms with van der Waals surface area (Å²) >= 11 is 12.0. The molecule has 0 radical (unpaired) electrons. The van der Waals surface area contributed by atoms with Crippen LogP contribution in [0.3, 0.4) is 0 Å². The summed E-state index contributed by atoms with van der Waals surface area (Å²) in [5, 5.41) is 6.78. The highest BCUT2D eigenvalue weighted by molar-refractivity contribution is 6.31. The lowest BCUT2D eigenvalue weighted by Crippen LogP contribution is -2.45. The standard InChI is InChI=1S/C18H16Cl2N2O2/c19-12-4-1-3-11(7-12)15-9-17(23)21-10-16(15)18(24)22-14-6-2-5-13(20)8-14/h1-8,15-16H,9-10H2,(H,21,23)(H,22,24)/t15-,16?/m0/s1. The summed E-state index contributed by atoms with van der Waals surface area (Å²) in [7, 11) is 0. The fraction of sp³-hybridized carbons (Fsp3) is 0.222. The third-order valence-electron chi connectivity index (χ3n) is 4.12. The van der Waals surface area contributed by atoms with Crippen molar-refractivity contribution in [2.24, 2.45) is 5.92 Å². The molecule has 1 heterocycles. The van der Waals surface area contributed by atoms with Crippen molar-refractivity contribution < 1.29 is 9.59 Å². The molecule has 0 saturated carbocycles. The lowest BCUT2D eigenvalue weighted by atomic mass is 9.80. The molecule has 4 nitrogen and oxygen atoms in total. The summed E-state index contributed by atoms with van der Waals surface area (Å²) in [5.74, 6) is -0.800. The molecule has 0 aromatic heterocycles. The molecule has 2 atom stereocenters. The monoisotopic (exact) mass is 362 g/mol. The lowest BCUT2D eigenvalue weighted by molar-refractivity contribution is -0.127. The number of anilines is 1. The Bertz CT molecular complexity index is 779. The van der Waals surface area contributed by atoms with Crippen molar-refractivity contribution in [3.8, 4) is 0 Å². The molecule has 2 aromatic rings. The number of carbonyl (C=O) groups is 2. The molecule has 1 aliphatic heterocycles. The SMILES string of the molecule is O=C1C[C@@H](c2cccc(Cl)c2)C(C(=O)Nc2cccc(Cl)c2)CN1. The first kappa shape index (κ1) is 16.8. The Hall–Kier alpha value is -2.04. The van der Waals surface area contributed by atoms with E-state index in [0.29, 0.717) is 22.3 Å². The van der Waals surface area contributed by atoms with E-state index in [9.17, 15) is 9.59 Å². The predicted molar refractivity (Wildman–Crippen MR) is 95.4 cm³/mol. The van der Waals surface area contributed by atoms with E-state index in [-0.39, 0.29) is 30.1 Å². The molecular weight excluding hydrogens is 347 g/mol. The van der Waals surface area contributed by atoms with Gasteiger partial charge in [-0.15, -0.1) is 0 Å². The smallest absolute Gasteiger partial charge is 0.229 e. The van der Waals surface area contributed by atoms with Crippen LogP contribution < -0.4 is 10.6 Å². The number of hydrogen-bond donors (Lipinski definition) is 2. The summed E-state index contributed by atoms with van der Waals surface area (Å²) < 4.78 is 0. The number of amides is 2. The topological polar surface area (TPSA) is 58.2 Å². The Morgan fingerprint density at radius 3 is 2.50 bits per heavy atom. The maximum absolute atomic E-state index is 12.7. The van der Waals surface area contributed by atoms with E-state index in [4.69, 9.17) is 23.2 Å². The quantitative estimate of drug-likeness (QED) is 0.870. The van der Waals surface area contributed by atoms with Gasteiger partial charge >= 0.3 is 0 Å². The van der Waals surface area contributed by atoms with Gasteiger partial charge in [-0.25, -0.2) is 0 Å². The van der Waals surface area contributed by atoms with Crippen LogP contribution in [0.4, 0.5) is 5.69 Å². The van der Waals surface area contributed by atoms with Crippen molar-refractivity contribution in [2.75, 3.05) is 11.9 Å². The van der Waals surface area contributed by atoms with Crippen molar-refractivity contribution in [1.29, 1.82) is 0 Å². The predicted octanol–water partition coefficient (Wildman–Crippen LogP) is 3.85. The molecule has 2 aromatic carbocycles. The van der Waals surface area contributed by atoms with Crippen LogP contribution in [-0.4, -0.2) is 18.4 Å². The summed E-state index contributed by atoms with van der Waals surface area (Å²) in [6, 6.07) is 14.3. The highest BCUT2D eigenvalue weighted by Gasteiger charge is 2.35. The van der Waals surface area contributed by atoms with Gasteiger partial charge < -0.3 is 10.6 Å². The number of halogens is 2.